The van der Waals surface area contributed by atoms with Crippen molar-refractivity contribution in [3.8, 4) is 6.07 Å². The molecule has 70 valence electrons. The minimum Gasteiger partial charge on any atom is -0.294 e. The van der Waals surface area contributed by atoms with Crippen molar-refractivity contribution in [2.75, 3.05) is 0 Å². The molecule has 0 saturated heterocycles. The Balaban J connectivity index is 3.53. The smallest absolute Gasteiger partial charge is 0.161 e. The number of carbonyl (C=O) groups excluding carboxylic acids is 2. The van der Waals surface area contributed by atoms with Gasteiger partial charge in [-0.1, -0.05) is 12.1 Å². The normalized spacial score (nSPS) is 9.21. The third-order valence-corrected chi connectivity index (χ3v) is 1.92. The van der Waals surface area contributed by atoms with Gasteiger partial charge in [0, 0.05) is 11.1 Å². The first-order chi connectivity index (χ1) is 6.57. The van der Waals surface area contributed by atoms with Crippen molar-refractivity contribution >= 4 is 11.6 Å². The number of rotatable bonds is 2. The average molecular weight is 187 g/mol. The monoisotopic (exact) mass is 187 g/mol. The Labute approximate surface area is 82.0 Å². The van der Waals surface area contributed by atoms with Gasteiger partial charge in [0.25, 0.3) is 0 Å². The van der Waals surface area contributed by atoms with Crippen LogP contribution in [-0.2, 0) is 0 Å². The van der Waals surface area contributed by atoms with Crippen LogP contribution in [0.5, 0.6) is 0 Å². The van der Waals surface area contributed by atoms with Gasteiger partial charge in [-0.25, -0.2) is 0 Å². The molecule has 0 aromatic heterocycles. The van der Waals surface area contributed by atoms with Crippen LogP contribution in [0.2, 0.25) is 0 Å². The van der Waals surface area contributed by atoms with E-state index in [4.69, 9.17) is 5.26 Å². The molecular weight excluding hydrogens is 178 g/mol. The average Bonchev–Trinajstić information content (AvgIpc) is 2.16. The molecule has 0 spiro atoms. The number of Topliss-reactive ketones (excluding diaryl/α,β-unsaturated/α-hetero) is 2. The molecule has 0 aliphatic heterocycles. The molecule has 1 aromatic carbocycles. The van der Waals surface area contributed by atoms with E-state index in [1.54, 1.807) is 12.1 Å². The summed E-state index contributed by atoms with van der Waals surface area (Å²) < 4.78 is 0. The topological polar surface area (TPSA) is 57.9 Å². The number of nitrogens with zero attached hydrogens (tertiary/aromatic N) is 1. The van der Waals surface area contributed by atoms with Gasteiger partial charge < -0.3 is 0 Å². The lowest BCUT2D eigenvalue weighted by molar-refractivity contribution is 0.0980. The summed E-state index contributed by atoms with van der Waals surface area (Å²) in [6, 6.07) is 6.58. The molecule has 3 nitrogen and oxygen atoms in total. The van der Waals surface area contributed by atoms with E-state index in [-0.39, 0.29) is 22.7 Å². The van der Waals surface area contributed by atoms with Crippen LogP contribution in [0.25, 0.3) is 0 Å². The summed E-state index contributed by atoms with van der Waals surface area (Å²) in [4.78, 5) is 22.4. The van der Waals surface area contributed by atoms with E-state index in [0.717, 1.165) is 0 Å². The van der Waals surface area contributed by atoms with Crippen LogP contribution < -0.4 is 0 Å². The van der Waals surface area contributed by atoms with Gasteiger partial charge in [-0.2, -0.15) is 5.26 Å². The van der Waals surface area contributed by atoms with Crippen LogP contribution in [0.15, 0.2) is 18.2 Å². The van der Waals surface area contributed by atoms with Crippen molar-refractivity contribution in [1.82, 2.24) is 0 Å². The zero-order chi connectivity index (χ0) is 10.7. The molecule has 0 heterocycles. The highest BCUT2D eigenvalue weighted by atomic mass is 16.1. The number of hydrogen-bond donors (Lipinski definition) is 0. The highest BCUT2D eigenvalue weighted by Gasteiger charge is 2.14. The Morgan fingerprint density at radius 1 is 1.21 bits per heavy atom. The fraction of sp³-hybridized carbons (Fsp3) is 0.182. The van der Waals surface area contributed by atoms with Gasteiger partial charge in [-0.05, 0) is 19.9 Å². The number of benzene rings is 1. The van der Waals surface area contributed by atoms with E-state index < -0.39 is 0 Å². The second kappa shape index (κ2) is 3.84. The van der Waals surface area contributed by atoms with Crippen molar-refractivity contribution in [3.05, 3.63) is 34.9 Å². The largest absolute Gasteiger partial charge is 0.294 e. The molecule has 1 aromatic rings. The fourth-order valence-corrected chi connectivity index (χ4v) is 1.32. The summed E-state index contributed by atoms with van der Waals surface area (Å²) in [5, 5.41) is 8.76. The molecule has 0 radical (unpaired) electrons. The third-order valence-electron chi connectivity index (χ3n) is 1.92. The van der Waals surface area contributed by atoms with Crippen LogP contribution in [0, 0.1) is 11.3 Å². The van der Waals surface area contributed by atoms with Crippen LogP contribution in [0.3, 0.4) is 0 Å². The van der Waals surface area contributed by atoms with E-state index >= 15 is 0 Å². The van der Waals surface area contributed by atoms with E-state index in [1.807, 2.05) is 6.07 Å². The van der Waals surface area contributed by atoms with Gasteiger partial charge >= 0.3 is 0 Å². The predicted molar refractivity (Wildman–Crippen MR) is 51.2 cm³/mol. The molecule has 0 saturated carbocycles. The minimum absolute atomic E-state index is 0.202. The van der Waals surface area contributed by atoms with Crippen molar-refractivity contribution < 1.29 is 9.59 Å². The molecular formula is C11H9NO2. The Kier molecular flexibility index (Phi) is 2.78. The summed E-state index contributed by atoms with van der Waals surface area (Å²) in [7, 11) is 0. The van der Waals surface area contributed by atoms with Crippen molar-refractivity contribution in [3.63, 3.8) is 0 Å². The Morgan fingerprint density at radius 2 is 1.86 bits per heavy atom. The lowest BCUT2D eigenvalue weighted by Crippen LogP contribution is -2.06. The first kappa shape index (κ1) is 10.1. The molecule has 0 N–H and O–H groups in total. The van der Waals surface area contributed by atoms with E-state index in [0.29, 0.717) is 5.56 Å². The van der Waals surface area contributed by atoms with E-state index in [1.165, 1.54) is 19.9 Å². The maximum absolute atomic E-state index is 11.2. The fourth-order valence-electron chi connectivity index (χ4n) is 1.32. The summed E-state index contributed by atoms with van der Waals surface area (Å²) in [6.07, 6.45) is 0. The SMILES string of the molecule is CC(=O)c1cccc(C#N)c1C(C)=O. The Morgan fingerprint density at radius 3 is 2.29 bits per heavy atom. The van der Waals surface area contributed by atoms with Gasteiger partial charge in [0.05, 0.1) is 11.6 Å². The first-order valence-corrected chi connectivity index (χ1v) is 4.13. The second-order valence-electron chi connectivity index (χ2n) is 2.95. The molecule has 3 heteroatoms. The van der Waals surface area contributed by atoms with Crippen LogP contribution in [0.1, 0.15) is 40.1 Å². The molecule has 1 rings (SSSR count). The number of ketones is 2. The molecule has 0 aliphatic rings. The third kappa shape index (κ3) is 1.69. The predicted octanol–water partition coefficient (Wildman–Crippen LogP) is 1.96. The minimum atomic E-state index is -0.257. The van der Waals surface area contributed by atoms with Crippen molar-refractivity contribution in [1.29, 1.82) is 5.26 Å². The number of carbonyl (C=O) groups is 2. The van der Waals surface area contributed by atoms with Crippen molar-refractivity contribution in [2.45, 2.75) is 13.8 Å². The zero-order valence-corrected chi connectivity index (χ0v) is 8.00. The van der Waals surface area contributed by atoms with E-state index in [9.17, 15) is 9.59 Å². The summed E-state index contributed by atoms with van der Waals surface area (Å²) in [6.45, 7) is 2.73. The molecule has 0 unspecified atom stereocenters. The van der Waals surface area contributed by atoms with Gasteiger partial charge in [0.1, 0.15) is 0 Å². The summed E-state index contributed by atoms with van der Waals surface area (Å²) in [5.74, 6) is -0.459. The Bertz CT molecular complexity index is 441. The standard InChI is InChI=1S/C11H9NO2/c1-7(13)10-5-3-4-9(6-12)11(10)8(2)14/h3-5H,1-2H3. The number of nitriles is 1. The van der Waals surface area contributed by atoms with Gasteiger partial charge in [-0.15, -0.1) is 0 Å². The van der Waals surface area contributed by atoms with Crippen LogP contribution >= 0.6 is 0 Å². The van der Waals surface area contributed by atoms with E-state index in [2.05, 4.69) is 0 Å². The second-order valence-corrected chi connectivity index (χ2v) is 2.95. The number of hydrogen-bond acceptors (Lipinski definition) is 3. The van der Waals surface area contributed by atoms with Crippen molar-refractivity contribution in [2.24, 2.45) is 0 Å². The molecule has 0 atom stereocenters. The van der Waals surface area contributed by atoms with Gasteiger partial charge in [0.15, 0.2) is 11.6 Å². The molecule has 0 fully saturated rings. The van der Waals surface area contributed by atoms with Crippen LogP contribution in [0.4, 0.5) is 0 Å². The van der Waals surface area contributed by atoms with Gasteiger partial charge in [-0.3, -0.25) is 9.59 Å². The quantitative estimate of drug-likeness (QED) is 0.665. The molecule has 0 aliphatic carbocycles. The summed E-state index contributed by atoms with van der Waals surface area (Å²) >= 11 is 0. The maximum Gasteiger partial charge on any atom is 0.161 e. The first-order valence-electron chi connectivity index (χ1n) is 4.13. The highest BCUT2D eigenvalue weighted by molar-refractivity contribution is 6.08. The molecule has 0 bridgehead atoms. The molecule has 14 heavy (non-hydrogen) atoms. The highest BCUT2D eigenvalue weighted by Crippen LogP contribution is 2.15. The van der Waals surface area contributed by atoms with Gasteiger partial charge in [0.2, 0.25) is 0 Å². The Hall–Kier alpha value is -1.95. The summed E-state index contributed by atoms with van der Waals surface area (Å²) in [5.41, 5.74) is 0.796. The lowest BCUT2D eigenvalue weighted by atomic mass is 9.96. The molecule has 0 amide bonds. The zero-order valence-electron chi connectivity index (χ0n) is 8.00. The van der Waals surface area contributed by atoms with Crippen LogP contribution in [-0.4, -0.2) is 11.6 Å². The lowest BCUT2D eigenvalue weighted by Gasteiger charge is -2.04. The maximum atomic E-state index is 11.2.